The second-order valence-electron chi connectivity index (χ2n) is 6.15. The summed E-state index contributed by atoms with van der Waals surface area (Å²) in [4.78, 5) is 4.46. The van der Waals surface area contributed by atoms with Gasteiger partial charge in [-0.05, 0) is 48.0 Å². The van der Waals surface area contributed by atoms with Crippen molar-refractivity contribution >= 4 is 16.7 Å². The summed E-state index contributed by atoms with van der Waals surface area (Å²) in [5.74, 6) is 0.593. The Balaban J connectivity index is 1.56. The molecule has 4 rings (SSSR count). The van der Waals surface area contributed by atoms with Crippen LogP contribution in [0.5, 0.6) is 5.75 Å². The summed E-state index contributed by atoms with van der Waals surface area (Å²) in [6, 6.07) is 24.0. The number of ether oxygens (including phenoxy) is 1. The SMILES string of the molecule is COc1cc(CNc2cccc(-n3cnc4ccccc43)c2)ccc1C#N. The number of benzene rings is 3. The molecular formula is C22H18N4O. The first-order valence-corrected chi connectivity index (χ1v) is 8.62. The minimum absolute atomic E-state index is 0.537. The second-order valence-corrected chi connectivity index (χ2v) is 6.15. The normalized spacial score (nSPS) is 10.5. The highest BCUT2D eigenvalue weighted by atomic mass is 16.5. The highest BCUT2D eigenvalue weighted by molar-refractivity contribution is 5.77. The quantitative estimate of drug-likeness (QED) is 0.572. The number of nitrogens with one attached hydrogen (secondary N) is 1. The lowest BCUT2D eigenvalue weighted by atomic mass is 10.1. The van der Waals surface area contributed by atoms with Crippen molar-refractivity contribution in [3.05, 3.63) is 84.2 Å². The van der Waals surface area contributed by atoms with Crippen molar-refractivity contribution in [2.45, 2.75) is 6.54 Å². The van der Waals surface area contributed by atoms with E-state index in [1.165, 1.54) is 0 Å². The number of methoxy groups -OCH3 is 1. The first-order valence-electron chi connectivity index (χ1n) is 8.62. The van der Waals surface area contributed by atoms with Crippen molar-refractivity contribution in [1.82, 2.24) is 9.55 Å². The molecule has 0 amide bonds. The van der Waals surface area contributed by atoms with E-state index in [2.05, 4.69) is 39.1 Å². The van der Waals surface area contributed by atoms with Gasteiger partial charge < -0.3 is 10.1 Å². The summed E-state index contributed by atoms with van der Waals surface area (Å²) in [7, 11) is 1.58. The summed E-state index contributed by atoms with van der Waals surface area (Å²) in [5, 5.41) is 12.5. The molecule has 0 saturated heterocycles. The van der Waals surface area contributed by atoms with E-state index in [-0.39, 0.29) is 0 Å². The zero-order chi connectivity index (χ0) is 18.6. The van der Waals surface area contributed by atoms with Crippen molar-refractivity contribution in [3.8, 4) is 17.5 Å². The standard InChI is InChI=1S/C22H18N4O/c1-27-22-11-16(9-10-17(22)13-23)14-24-18-5-4-6-19(12-18)26-15-25-20-7-2-3-8-21(20)26/h2-12,15,24H,14H2,1H3. The lowest BCUT2D eigenvalue weighted by Gasteiger charge is -2.11. The molecule has 0 aliphatic rings. The molecule has 0 bridgehead atoms. The van der Waals surface area contributed by atoms with Gasteiger partial charge in [0.25, 0.3) is 0 Å². The molecule has 0 aliphatic carbocycles. The number of imidazole rings is 1. The van der Waals surface area contributed by atoms with Crippen LogP contribution in [0, 0.1) is 11.3 Å². The van der Waals surface area contributed by atoms with Gasteiger partial charge >= 0.3 is 0 Å². The Hall–Kier alpha value is -3.78. The first-order chi connectivity index (χ1) is 13.3. The number of nitrogens with zero attached hydrogens (tertiary/aromatic N) is 3. The van der Waals surface area contributed by atoms with E-state index in [1.807, 2.05) is 48.8 Å². The van der Waals surface area contributed by atoms with Gasteiger partial charge in [0, 0.05) is 17.9 Å². The van der Waals surface area contributed by atoms with Crippen molar-refractivity contribution in [2.24, 2.45) is 0 Å². The Bertz CT molecular complexity index is 1140. The van der Waals surface area contributed by atoms with Crippen LogP contribution in [0.15, 0.2) is 73.1 Å². The smallest absolute Gasteiger partial charge is 0.136 e. The van der Waals surface area contributed by atoms with E-state index >= 15 is 0 Å². The number of hydrogen-bond donors (Lipinski definition) is 1. The minimum atomic E-state index is 0.537. The van der Waals surface area contributed by atoms with Gasteiger partial charge in [-0.3, -0.25) is 4.57 Å². The summed E-state index contributed by atoms with van der Waals surface area (Å²) in [5.41, 5.74) is 5.69. The molecule has 0 unspecified atom stereocenters. The van der Waals surface area contributed by atoms with E-state index in [9.17, 15) is 0 Å². The number of para-hydroxylation sites is 2. The van der Waals surface area contributed by atoms with Crippen molar-refractivity contribution in [2.75, 3.05) is 12.4 Å². The maximum absolute atomic E-state index is 9.09. The highest BCUT2D eigenvalue weighted by Crippen LogP contribution is 2.22. The predicted molar refractivity (Wildman–Crippen MR) is 106 cm³/mol. The Morgan fingerprint density at radius 2 is 1.96 bits per heavy atom. The van der Waals surface area contributed by atoms with Crippen LogP contribution in [0.25, 0.3) is 16.7 Å². The molecule has 1 N–H and O–H groups in total. The molecule has 4 aromatic rings. The molecule has 5 nitrogen and oxygen atoms in total. The van der Waals surface area contributed by atoms with Crippen molar-refractivity contribution < 1.29 is 4.74 Å². The number of fused-ring (bicyclic) bond motifs is 1. The van der Waals surface area contributed by atoms with E-state index in [0.29, 0.717) is 17.9 Å². The van der Waals surface area contributed by atoms with Gasteiger partial charge in [0.2, 0.25) is 0 Å². The summed E-state index contributed by atoms with van der Waals surface area (Å²) >= 11 is 0. The Labute approximate surface area is 157 Å². The van der Waals surface area contributed by atoms with Gasteiger partial charge in [-0.2, -0.15) is 5.26 Å². The van der Waals surface area contributed by atoms with E-state index in [0.717, 1.165) is 28.0 Å². The maximum atomic E-state index is 9.09. The van der Waals surface area contributed by atoms with Crippen LogP contribution in [0.2, 0.25) is 0 Å². The Kier molecular flexibility index (Phi) is 4.46. The summed E-state index contributed by atoms with van der Waals surface area (Å²) < 4.78 is 7.35. The summed E-state index contributed by atoms with van der Waals surface area (Å²) in [6.45, 7) is 0.635. The van der Waals surface area contributed by atoms with Crippen LogP contribution in [-0.2, 0) is 6.54 Å². The average Bonchev–Trinajstić information content (AvgIpc) is 3.16. The third kappa shape index (κ3) is 3.33. The van der Waals surface area contributed by atoms with Gasteiger partial charge in [0.15, 0.2) is 0 Å². The fourth-order valence-electron chi connectivity index (χ4n) is 3.07. The molecule has 1 aromatic heterocycles. The Morgan fingerprint density at radius 3 is 2.81 bits per heavy atom. The van der Waals surface area contributed by atoms with Gasteiger partial charge in [-0.1, -0.05) is 24.3 Å². The molecule has 5 heteroatoms. The van der Waals surface area contributed by atoms with Crippen LogP contribution in [0.1, 0.15) is 11.1 Å². The monoisotopic (exact) mass is 354 g/mol. The molecule has 27 heavy (non-hydrogen) atoms. The molecular weight excluding hydrogens is 336 g/mol. The average molecular weight is 354 g/mol. The number of hydrogen-bond acceptors (Lipinski definition) is 4. The highest BCUT2D eigenvalue weighted by Gasteiger charge is 2.06. The third-order valence-corrected chi connectivity index (χ3v) is 4.46. The molecule has 132 valence electrons. The van der Waals surface area contributed by atoms with Gasteiger partial charge in [0.05, 0.1) is 23.7 Å². The van der Waals surface area contributed by atoms with E-state index in [1.54, 1.807) is 13.2 Å². The molecule has 3 aromatic carbocycles. The van der Waals surface area contributed by atoms with Crippen LogP contribution in [-0.4, -0.2) is 16.7 Å². The third-order valence-electron chi connectivity index (χ3n) is 4.46. The van der Waals surface area contributed by atoms with Crippen molar-refractivity contribution in [1.29, 1.82) is 5.26 Å². The fraction of sp³-hybridized carbons (Fsp3) is 0.0909. The van der Waals surface area contributed by atoms with Gasteiger partial charge in [-0.25, -0.2) is 4.98 Å². The van der Waals surface area contributed by atoms with E-state index < -0.39 is 0 Å². The first kappa shape index (κ1) is 16.7. The second kappa shape index (κ2) is 7.22. The number of rotatable bonds is 5. The lowest BCUT2D eigenvalue weighted by Crippen LogP contribution is -2.01. The zero-order valence-electron chi connectivity index (χ0n) is 14.9. The largest absolute Gasteiger partial charge is 0.495 e. The zero-order valence-corrected chi connectivity index (χ0v) is 14.9. The van der Waals surface area contributed by atoms with Crippen molar-refractivity contribution in [3.63, 3.8) is 0 Å². The van der Waals surface area contributed by atoms with E-state index in [4.69, 9.17) is 10.00 Å². The molecule has 0 fully saturated rings. The van der Waals surface area contributed by atoms with Crippen LogP contribution in [0.3, 0.4) is 0 Å². The Morgan fingerprint density at radius 1 is 1.07 bits per heavy atom. The number of nitriles is 1. The molecule has 0 spiro atoms. The topological polar surface area (TPSA) is 62.9 Å². The maximum Gasteiger partial charge on any atom is 0.136 e. The number of aromatic nitrogens is 2. The molecule has 0 radical (unpaired) electrons. The molecule has 0 atom stereocenters. The minimum Gasteiger partial charge on any atom is -0.495 e. The molecule has 1 heterocycles. The van der Waals surface area contributed by atoms with Crippen LogP contribution >= 0.6 is 0 Å². The fourth-order valence-corrected chi connectivity index (χ4v) is 3.07. The predicted octanol–water partition coefficient (Wildman–Crippen LogP) is 4.52. The van der Waals surface area contributed by atoms with Gasteiger partial charge in [0.1, 0.15) is 18.1 Å². The van der Waals surface area contributed by atoms with Crippen LogP contribution in [0.4, 0.5) is 5.69 Å². The molecule has 0 saturated carbocycles. The van der Waals surface area contributed by atoms with Crippen LogP contribution < -0.4 is 10.1 Å². The number of anilines is 1. The molecule has 0 aliphatic heterocycles. The lowest BCUT2D eigenvalue weighted by molar-refractivity contribution is 0.413. The van der Waals surface area contributed by atoms with Gasteiger partial charge in [-0.15, -0.1) is 0 Å². The summed E-state index contributed by atoms with van der Waals surface area (Å²) in [6.07, 6.45) is 1.84.